The lowest BCUT2D eigenvalue weighted by atomic mass is 9.91. The molecule has 2 rings (SSSR count). The number of benzene rings is 1. The molecule has 96 valence electrons. The van der Waals surface area contributed by atoms with Gasteiger partial charge in [0.05, 0.1) is 19.1 Å². The average Bonchev–Trinajstić information content (AvgIpc) is 2.29. The van der Waals surface area contributed by atoms with Crippen LogP contribution in [0.2, 0.25) is 0 Å². The van der Waals surface area contributed by atoms with E-state index in [1.165, 1.54) is 7.11 Å². The van der Waals surface area contributed by atoms with Gasteiger partial charge in [-0.25, -0.2) is 0 Å². The minimum atomic E-state index is -0.548. The molecule has 0 aliphatic carbocycles. The van der Waals surface area contributed by atoms with E-state index < -0.39 is 5.60 Å². The summed E-state index contributed by atoms with van der Waals surface area (Å²) in [6, 6.07) is 3.40. The number of carbonyl (C=O) groups is 2. The number of ketones is 1. The number of Topliss-reactive ketones (excluding diaryl/α,β-unsaturated/α-hetero) is 1. The molecule has 0 fully saturated rings. The average molecular weight is 248 g/mol. The third kappa shape index (κ3) is 2.10. The van der Waals surface area contributed by atoms with Crippen LogP contribution in [-0.2, 0) is 11.2 Å². The van der Waals surface area contributed by atoms with Gasteiger partial charge in [0.1, 0.15) is 23.4 Å². The van der Waals surface area contributed by atoms with Crippen molar-refractivity contribution in [2.24, 2.45) is 0 Å². The van der Waals surface area contributed by atoms with Crippen LogP contribution < -0.4 is 9.47 Å². The van der Waals surface area contributed by atoms with E-state index >= 15 is 0 Å². The highest BCUT2D eigenvalue weighted by Crippen LogP contribution is 2.39. The first-order chi connectivity index (χ1) is 8.48. The smallest absolute Gasteiger partial charge is 0.170 e. The minimum Gasteiger partial charge on any atom is -0.496 e. The van der Waals surface area contributed by atoms with E-state index in [0.717, 1.165) is 6.29 Å². The van der Waals surface area contributed by atoms with E-state index in [4.69, 9.17) is 9.47 Å². The highest BCUT2D eigenvalue weighted by molar-refractivity contribution is 6.01. The molecule has 18 heavy (non-hydrogen) atoms. The van der Waals surface area contributed by atoms with Crippen molar-refractivity contribution in [2.45, 2.75) is 32.3 Å². The fraction of sp³-hybridized carbons (Fsp3) is 0.429. The molecule has 0 spiro atoms. The fourth-order valence-electron chi connectivity index (χ4n) is 2.21. The first kappa shape index (κ1) is 12.6. The normalized spacial score (nSPS) is 16.7. The van der Waals surface area contributed by atoms with Crippen LogP contribution in [0.25, 0.3) is 0 Å². The van der Waals surface area contributed by atoms with Crippen LogP contribution in [0.3, 0.4) is 0 Å². The van der Waals surface area contributed by atoms with Crippen LogP contribution in [0, 0.1) is 0 Å². The van der Waals surface area contributed by atoms with Crippen molar-refractivity contribution in [3.05, 3.63) is 23.3 Å². The quantitative estimate of drug-likeness (QED) is 0.769. The summed E-state index contributed by atoms with van der Waals surface area (Å²) in [6.07, 6.45) is 1.30. The number of fused-ring (bicyclic) bond motifs is 1. The molecule has 0 atom stereocenters. The topological polar surface area (TPSA) is 52.6 Å². The molecule has 0 bridgehead atoms. The highest BCUT2D eigenvalue weighted by atomic mass is 16.5. The summed E-state index contributed by atoms with van der Waals surface area (Å²) in [7, 11) is 1.53. The van der Waals surface area contributed by atoms with Crippen molar-refractivity contribution in [2.75, 3.05) is 7.11 Å². The third-order valence-electron chi connectivity index (χ3n) is 2.99. The molecular formula is C14H16O4. The van der Waals surface area contributed by atoms with Gasteiger partial charge in [-0.05, 0) is 26.0 Å². The number of hydrogen-bond acceptors (Lipinski definition) is 4. The van der Waals surface area contributed by atoms with Crippen molar-refractivity contribution in [1.29, 1.82) is 0 Å². The summed E-state index contributed by atoms with van der Waals surface area (Å²) in [6.45, 7) is 3.72. The lowest BCUT2D eigenvalue weighted by molar-refractivity contribution is -0.107. The number of carbonyl (C=O) groups excluding carboxylic acids is 2. The van der Waals surface area contributed by atoms with Gasteiger partial charge in [-0.15, -0.1) is 0 Å². The molecule has 1 aliphatic rings. The number of methoxy groups -OCH3 is 1. The molecule has 0 radical (unpaired) electrons. The fourth-order valence-corrected chi connectivity index (χ4v) is 2.21. The third-order valence-corrected chi connectivity index (χ3v) is 2.99. The number of ether oxygens (including phenoxy) is 2. The first-order valence-corrected chi connectivity index (χ1v) is 5.84. The van der Waals surface area contributed by atoms with E-state index in [-0.39, 0.29) is 12.2 Å². The maximum absolute atomic E-state index is 12.0. The zero-order chi connectivity index (χ0) is 13.3. The zero-order valence-corrected chi connectivity index (χ0v) is 10.8. The molecule has 0 saturated carbocycles. The Morgan fingerprint density at radius 3 is 2.78 bits per heavy atom. The van der Waals surface area contributed by atoms with Crippen molar-refractivity contribution in [3.63, 3.8) is 0 Å². The molecule has 0 amide bonds. The maximum Gasteiger partial charge on any atom is 0.170 e. The molecule has 0 unspecified atom stereocenters. The van der Waals surface area contributed by atoms with Crippen LogP contribution in [0.1, 0.15) is 36.2 Å². The van der Waals surface area contributed by atoms with Gasteiger partial charge >= 0.3 is 0 Å². The van der Waals surface area contributed by atoms with Gasteiger partial charge in [0, 0.05) is 12.0 Å². The predicted molar refractivity (Wildman–Crippen MR) is 66.4 cm³/mol. The first-order valence-electron chi connectivity index (χ1n) is 5.84. The van der Waals surface area contributed by atoms with E-state index in [1.54, 1.807) is 12.1 Å². The van der Waals surface area contributed by atoms with Crippen LogP contribution in [0.15, 0.2) is 12.1 Å². The Hall–Kier alpha value is -1.84. The molecule has 1 aliphatic heterocycles. The second kappa shape index (κ2) is 4.44. The Bertz CT molecular complexity index is 503. The summed E-state index contributed by atoms with van der Waals surface area (Å²) in [5.74, 6) is 1.10. The van der Waals surface area contributed by atoms with Gasteiger partial charge in [-0.2, -0.15) is 0 Å². The number of rotatable bonds is 3. The Morgan fingerprint density at radius 1 is 1.44 bits per heavy atom. The second-order valence-electron chi connectivity index (χ2n) is 4.96. The Balaban J connectivity index is 2.61. The number of hydrogen-bond donors (Lipinski definition) is 0. The van der Waals surface area contributed by atoms with Gasteiger partial charge in [0.2, 0.25) is 0 Å². The van der Waals surface area contributed by atoms with Crippen molar-refractivity contribution >= 4 is 12.1 Å². The largest absolute Gasteiger partial charge is 0.496 e. The predicted octanol–water partition coefficient (Wildman–Crippen LogP) is 2.18. The second-order valence-corrected chi connectivity index (χ2v) is 4.96. The van der Waals surface area contributed by atoms with Crippen molar-refractivity contribution in [1.82, 2.24) is 0 Å². The molecule has 4 nitrogen and oxygen atoms in total. The summed E-state index contributed by atoms with van der Waals surface area (Å²) in [5, 5.41) is 0. The van der Waals surface area contributed by atoms with E-state index in [2.05, 4.69) is 0 Å². The van der Waals surface area contributed by atoms with Crippen LogP contribution >= 0.6 is 0 Å². The molecule has 1 aromatic rings. The molecule has 4 heteroatoms. The van der Waals surface area contributed by atoms with E-state index in [1.807, 2.05) is 13.8 Å². The van der Waals surface area contributed by atoms with E-state index in [9.17, 15) is 9.59 Å². The molecule has 0 N–H and O–H groups in total. The van der Waals surface area contributed by atoms with Crippen LogP contribution in [-0.4, -0.2) is 24.8 Å². The monoisotopic (exact) mass is 248 g/mol. The van der Waals surface area contributed by atoms with E-state index in [0.29, 0.717) is 29.0 Å². The Morgan fingerprint density at radius 2 is 2.17 bits per heavy atom. The summed E-state index contributed by atoms with van der Waals surface area (Å²) < 4.78 is 11.1. The van der Waals surface area contributed by atoms with Crippen molar-refractivity contribution in [3.8, 4) is 11.5 Å². The summed E-state index contributed by atoms with van der Waals surface area (Å²) in [4.78, 5) is 22.8. The standard InChI is InChI=1S/C14H16O4/c1-14(2)8-11(16)9-4-5-12(17-3)10(6-7-15)13(9)18-14/h4-5,7H,6,8H2,1-3H3. The minimum absolute atomic E-state index is 0.0380. The van der Waals surface area contributed by atoms with Gasteiger partial charge in [0.15, 0.2) is 5.78 Å². The SMILES string of the molecule is COc1ccc2c(c1CC=O)OC(C)(C)CC2=O. The van der Waals surface area contributed by atoms with Gasteiger partial charge < -0.3 is 14.3 Å². The molecular weight excluding hydrogens is 232 g/mol. The molecule has 1 aromatic carbocycles. The molecule has 0 aromatic heterocycles. The van der Waals surface area contributed by atoms with Gasteiger partial charge in [-0.3, -0.25) is 4.79 Å². The molecule has 0 saturated heterocycles. The van der Waals surface area contributed by atoms with Gasteiger partial charge in [-0.1, -0.05) is 0 Å². The van der Waals surface area contributed by atoms with Gasteiger partial charge in [0.25, 0.3) is 0 Å². The van der Waals surface area contributed by atoms with Crippen LogP contribution in [0.4, 0.5) is 0 Å². The van der Waals surface area contributed by atoms with Crippen LogP contribution in [0.5, 0.6) is 11.5 Å². The van der Waals surface area contributed by atoms with Crippen molar-refractivity contribution < 1.29 is 19.1 Å². The maximum atomic E-state index is 12.0. The lowest BCUT2D eigenvalue weighted by Gasteiger charge is -2.33. The Kier molecular flexibility index (Phi) is 3.11. The molecule has 1 heterocycles. The lowest BCUT2D eigenvalue weighted by Crippen LogP contribution is -2.36. The summed E-state index contributed by atoms with van der Waals surface area (Å²) >= 11 is 0. The number of aldehydes is 1. The zero-order valence-electron chi connectivity index (χ0n) is 10.8. The Labute approximate surface area is 106 Å². The highest BCUT2D eigenvalue weighted by Gasteiger charge is 2.34. The summed E-state index contributed by atoms with van der Waals surface area (Å²) in [5.41, 5.74) is 0.631.